The molecule has 0 radical (unpaired) electrons. The number of methoxy groups -OCH3 is 1. The van der Waals surface area contributed by atoms with Crippen molar-refractivity contribution in [3.63, 3.8) is 0 Å². The van der Waals surface area contributed by atoms with E-state index in [9.17, 15) is 18.0 Å². The highest BCUT2D eigenvalue weighted by Crippen LogP contribution is 2.20. The lowest BCUT2D eigenvalue weighted by Crippen LogP contribution is -2.33. The summed E-state index contributed by atoms with van der Waals surface area (Å²) in [6, 6.07) is 7.88. The molecule has 1 amide bonds. The SMILES string of the molecule is CCN(CC(=O)Nc1c(F)cccc1F)Cc1ccc(OC)c(F)c1. The van der Waals surface area contributed by atoms with E-state index in [2.05, 4.69) is 5.32 Å². The Labute approximate surface area is 144 Å². The largest absolute Gasteiger partial charge is 0.494 e. The van der Waals surface area contributed by atoms with Crippen molar-refractivity contribution in [2.45, 2.75) is 13.5 Å². The van der Waals surface area contributed by atoms with Crippen molar-refractivity contribution >= 4 is 11.6 Å². The highest BCUT2D eigenvalue weighted by molar-refractivity contribution is 5.92. The van der Waals surface area contributed by atoms with Crippen LogP contribution in [0.25, 0.3) is 0 Å². The first-order valence-corrected chi connectivity index (χ1v) is 7.73. The number of anilines is 1. The summed E-state index contributed by atoms with van der Waals surface area (Å²) in [6.07, 6.45) is 0. The van der Waals surface area contributed by atoms with Gasteiger partial charge >= 0.3 is 0 Å². The second kappa shape index (κ2) is 8.53. The summed E-state index contributed by atoms with van der Waals surface area (Å²) in [5, 5.41) is 2.23. The summed E-state index contributed by atoms with van der Waals surface area (Å²) in [6.45, 7) is 2.56. The molecular formula is C18H19F3N2O2. The molecule has 7 heteroatoms. The third-order valence-electron chi connectivity index (χ3n) is 3.66. The molecule has 0 aromatic heterocycles. The fourth-order valence-corrected chi connectivity index (χ4v) is 2.35. The Balaban J connectivity index is 2.01. The van der Waals surface area contributed by atoms with Gasteiger partial charge in [0.25, 0.3) is 0 Å². The van der Waals surface area contributed by atoms with Crippen LogP contribution in [0.5, 0.6) is 5.75 Å². The summed E-state index contributed by atoms with van der Waals surface area (Å²) < 4.78 is 45.7. The number of ether oxygens (including phenoxy) is 1. The van der Waals surface area contributed by atoms with Crippen LogP contribution in [0.2, 0.25) is 0 Å². The van der Waals surface area contributed by atoms with Crippen LogP contribution in [0.1, 0.15) is 12.5 Å². The number of likely N-dealkylation sites (N-methyl/N-ethyl adjacent to an activating group) is 1. The molecule has 0 spiro atoms. The van der Waals surface area contributed by atoms with Crippen molar-refractivity contribution in [3.8, 4) is 5.75 Å². The quantitative estimate of drug-likeness (QED) is 0.828. The fraction of sp³-hybridized carbons (Fsp3) is 0.278. The van der Waals surface area contributed by atoms with Gasteiger partial charge in [-0.15, -0.1) is 0 Å². The van der Waals surface area contributed by atoms with Crippen molar-refractivity contribution in [1.82, 2.24) is 4.90 Å². The number of carbonyl (C=O) groups excluding carboxylic acids is 1. The molecule has 1 N–H and O–H groups in total. The molecule has 0 aliphatic heterocycles. The van der Waals surface area contributed by atoms with E-state index in [0.717, 1.165) is 12.1 Å². The average Bonchev–Trinajstić information content (AvgIpc) is 2.58. The second-order valence-electron chi connectivity index (χ2n) is 5.42. The lowest BCUT2D eigenvalue weighted by atomic mass is 10.2. The molecule has 0 unspecified atom stereocenters. The highest BCUT2D eigenvalue weighted by Gasteiger charge is 2.15. The number of hydrogen-bond donors (Lipinski definition) is 1. The maximum Gasteiger partial charge on any atom is 0.238 e. The van der Waals surface area contributed by atoms with Crippen molar-refractivity contribution in [2.24, 2.45) is 0 Å². The van der Waals surface area contributed by atoms with Crippen LogP contribution in [0.15, 0.2) is 36.4 Å². The fourth-order valence-electron chi connectivity index (χ4n) is 2.35. The number of hydrogen-bond acceptors (Lipinski definition) is 3. The number of carbonyl (C=O) groups is 1. The molecule has 0 saturated carbocycles. The lowest BCUT2D eigenvalue weighted by molar-refractivity contribution is -0.117. The average molecular weight is 352 g/mol. The van der Waals surface area contributed by atoms with Crippen molar-refractivity contribution in [2.75, 3.05) is 25.5 Å². The maximum atomic E-state index is 13.7. The van der Waals surface area contributed by atoms with Gasteiger partial charge in [0.15, 0.2) is 11.6 Å². The van der Waals surface area contributed by atoms with Gasteiger partial charge in [0.1, 0.15) is 17.3 Å². The molecule has 0 heterocycles. The van der Waals surface area contributed by atoms with Gasteiger partial charge in [-0.05, 0) is 36.4 Å². The minimum Gasteiger partial charge on any atom is -0.494 e. The van der Waals surface area contributed by atoms with Gasteiger partial charge in [-0.1, -0.05) is 19.1 Å². The van der Waals surface area contributed by atoms with Crippen LogP contribution < -0.4 is 10.1 Å². The summed E-state index contributed by atoms with van der Waals surface area (Å²) in [5.41, 5.74) is 0.184. The summed E-state index contributed by atoms with van der Waals surface area (Å²) in [5.74, 6) is -2.59. The van der Waals surface area contributed by atoms with Gasteiger partial charge < -0.3 is 10.1 Å². The van der Waals surface area contributed by atoms with Gasteiger partial charge in [0, 0.05) is 6.54 Å². The molecule has 2 aromatic carbocycles. The van der Waals surface area contributed by atoms with E-state index in [4.69, 9.17) is 4.74 Å². The first-order chi connectivity index (χ1) is 11.9. The summed E-state index contributed by atoms with van der Waals surface area (Å²) >= 11 is 0. The molecule has 0 aliphatic carbocycles. The molecule has 2 rings (SSSR count). The van der Waals surface area contributed by atoms with E-state index in [1.54, 1.807) is 11.0 Å². The Morgan fingerprint density at radius 2 is 1.80 bits per heavy atom. The number of para-hydroxylation sites is 1. The van der Waals surface area contributed by atoms with Crippen LogP contribution in [0.4, 0.5) is 18.9 Å². The number of amides is 1. The second-order valence-corrected chi connectivity index (χ2v) is 5.42. The Morgan fingerprint density at radius 3 is 2.36 bits per heavy atom. The number of halogens is 3. The molecule has 0 fully saturated rings. The van der Waals surface area contributed by atoms with E-state index < -0.39 is 29.0 Å². The zero-order chi connectivity index (χ0) is 18.4. The molecule has 25 heavy (non-hydrogen) atoms. The minimum atomic E-state index is -0.839. The van der Waals surface area contributed by atoms with Gasteiger partial charge in [0.05, 0.1) is 13.7 Å². The van der Waals surface area contributed by atoms with Crippen molar-refractivity contribution in [1.29, 1.82) is 0 Å². The van der Waals surface area contributed by atoms with E-state index in [0.29, 0.717) is 18.7 Å². The smallest absolute Gasteiger partial charge is 0.238 e. The number of benzene rings is 2. The minimum absolute atomic E-state index is 0.0854. The number of nitrogens with zero attached hydrogens (tertiary/aromatic N) is 1. The third-order valence-corrected chi connectivity index (χ3v) is 3.66. The van der Waals surface area contributed by atoms with Crippen LogP contribution in [0.3, 0.4) is 0 Å². The Bertz CT molecular complexity index is 733. The van der Waals surface area contributed by atoms with Crippen LogP contribution in [-0.4, -0.2) is 31.0 Å². The first kappa shape index (κ1) is 18.8. The van der Waals surface area contributed by atoms with E-state index in [-0.39, 0.29) is 12.3 Å². The van der Waals surface area contributed by atoms with Gasteiger partial charge in [-0.25, -0.2) is 13.2 Å². The van der Waals surface area contributed by atoms with E-state index >= 15 is 0 Å². The van der Waals surface area contributed by atoms with Crippen LogP contribution >= 0.6 is 0 Å². The zero-order valence-electron chi connectivity index (χ0n) is 14.0. The predicted octanol–water partition coefficient (Wildman–Crippen LogP) is 3.57. The topological polar surface area (TPSA) is 41.6 Å². The van der Waals surface area contributed by atoms with Crippen molar-refractivity contribution in [3.05, 3.63) is 59.4 Å². The summed E-state index contributed by atoms with van der Waals surface area (Å²) in [4.78, 5) is 13.8. The molecule has 0 aliphatic rings. The van der Waals surface area contributed by atoms with Crippen LogP contribution in [0, 0.1) is 17.5 Å². The van der Waals surface area contributed by atoms with Gasteiger partial charge in [-0.3, -0.25) is 9.69 Å². The van der Waals surface area contributed by atoms with E-state index in [1.807, 2.05) is 6.92 Å². The Hall–Kier alpha value is -2.54. The number of rotatable bonds is 7. The van der Waals surface area contributed by atoms with Crippen molar-refractivity contribution < 1.29 is 22.7 Å². The van der Waals surface area contributed by atoms with Gasteiger partial charge in [-0.2, -0.15) is 0 Å². The molecule has 0 bridgehead atoms. The summed E-state index contributed by atoms with van der Waals surface area (Å²) in [7, 11) is 1.38. The Kier molecular flexibility index (Phi) is 6.41. The zero-order valence-corrected chi connectivity index (χ0v) is 14.0. The molecular weight excluding hydrogens is 333 g/mol. The normalized spacial score (nSPS) is 10.8. The molecule has 4 nitrogen and oxygen atoms in total. The number of nitrogens with one attached hydrogen (secondary N) is 1. The highest BCUT2D eigenvalue weighted by atomic mass is 19.1. The molecule has 2 aromatic rings. The van der Waals surface area contributed by atoms with E-state index in [1.165, 1.54) is 25.3 Å². The predicted molar refractivity (Wildman–Crippen MR) is 88.9 cm³/mol. The third kappa shape index (κ3) is 4.96. The molecule has 0 saturated heterocycles. The van der Waals surface area contributed by atoms with Gasteiger partial charge in [0.2, 0.25) is 5.91 Å². The molecule has 134 valence electrons. The van der Waals surface area contributed by atoms with Crippen LogP contribution in [-0.2, 0) is 11.3 Å². The first-order valence-electron chi connectivity index (χ1n) is 7.73. The molecule has 0 atom stereocenters. The Morgan fingerprint density at radius 1 is 1.12 bits per heavy atom. The monoisotopic (exact) mass is 352 g/mol. The maximum absolute atomic E-state index is 13.7. The lowest BCUT2D eigenvalue weighted by Gasteiger charge is -2.20. The standard InChI is InChI=1S/C18H19F3N2O2/c1-3-23(10-12-7-8-16(25-2)15(21)9-12)11-17(24)22-18-13(19)5-4-6-14(18)20/h4-9H,3,10-11H2,1-2H3,(H,22,24).